The van der Waals surface area contributed by atoms with Gasteiger partial charge in [0.05, 0.1) is 6.04 Å². The summed E-state index contributed by atoms with van der Waals surface area (Å²) in [6, 6.07) is 19.9. The third-order valence-electron chi connectivity index (χ3n) is 4.69. The van der Waals surface area contributed by atoms with E-state index in [1.54, 1.807) is 0 Å². The highest BCUT2D eigenvalue weighted by Crippen LogP contribution is 2.23. The van der Waals surface area contributed by atoms with E-state index in [1.807, 2.05) is 65.6 Å². The molecule has 3 rings (SSSR count). The first kappa shape index (κ1) is 16.5. The Bertz CT molecular complexity index is 598. The number of carbonyl (C=O) groups excluding carboxylic acids is 1. The highest BCUT2D eigenvalue weighted by molar-refractivity contribution is 5.75. The van der Waals surface area contributed by atoms with Gasteiger partial charge in [-0.25, -0.2) is 4.79 Å². The molecule has 0 spiro atoms. The molecular weight excluding hydrogens is 300 g/mol. The lowest BCUT2D eigenvalue weighted by atomic mass is 9.97. The van der Waals surface area contributed by atoms with E-state index in [0.29, 0.717) is 19.0 Å². The molecule has 0 aromatic heterocycles. The first-order valence-corrected chi connectivity index (χ1v) is 8.54. The number of aliphatic hydroxyl groups is 1. The van der Waals surface area contributed by atoms with Gasteiger partial charge in [-0.05, 0) is 29.9 Å². The minimum atomic E-state index is -0.157. The van der Waals surface area contributed by atoms with Crippen LogP contribution < -0.4 is 5.32 Å². The summed E-state index contributed by atoms with van der Waals surface area (Å²) >= 11 is 0. The zero-order valence-electron chi connectivity index (χ0n) is 13.8. The van der Waals surface area contributed by atoms with Gasteiger partial charge in [0.1, 0.15) is 0 Å². The van der Waals surface area contributed by atoms with Crippen molar-refractivity contribution < 1.29 is 9.90 Å². The Kier molecular flexibility index (Phi) is 5.49. The summed E-state index contributed by atoms with van der Waals surface area (Å²) in [7, 11) is 0. The van der Waals surface area contributed by atoms with Crippen molar-refractivity contribution >= 4 is 6.03 Å². The van der Waals surface area contributed by atoms with Crippen molar-refractivity contribution in [2.45, 2.75) is 18.9 Å². The second kappa shape index (κ2) is 7.97. The molecule has 2 aromatic rings. The van der Waals surface area contributed by atoms with Crippen LogP contribution in [0.4, 0.5) is 4.79 Å². The van der Waals surface area contributed by atoms with Crippen molar-refractivity contribution in [1.29, 1.82) is 0 Å². The lowest BCUT2D eigenvalue weighted by molar-refractivity contribution is 0.136. The molecule has 1 aliphatic rings. The number of urea groups is 1. The lowest BCUT2D eigenvalue weighted by Crippen LogP contribution is -2.46. The van der Waals surface area contributed by atoms with Crippen LogP contribution >= 0.6 is 0 Å². The van der Waals surface area contributed by atoms with E-state index in [1.165, 1.54) is 0 Å². The molecule has 1 aliphatic heterocycles. The first-order chi connectivity index (χ1) is 11.8. The number of hydrogen-bond acceptors (Lipinski definition) is 2. The molecule has 0 bridgehead atoms. The van der Waals surface area contributed by atoms with Gasteiger partial charge in [0.2, 0.25) is 0 Å². The van der Waals surface area contributed by atoms with Crippen molar-refractivity contribution in [2.24, 2.45) is 5.92 Å². The molecule has 2 amide bonds. The van der Waals surface area contributed by atoms with Gasteiger partial charge in [-0.15, -0.1) is 0 Å². The summed E-state index contributed by atoms with van der Waals surface area (Å²) in [5.74, 6) is 0.327. The molecule has 0 radical (unpaired) electrons. The minimum absolute atomic E-state index is 0.0379. The average molecular weight is 324 g/mol. The van der Waals surface area contributed by atoms with Gasteiger partial charge in [-0.1, -0.05) is 60.7 Å². The van der Waals surface area contributed by atoms with Crippen molar-refractivity contribution in [3.8, 4) is 0 Å². The Morgan fingerprint density at radius 2 is 1.50 bits per heavy atom. The van der Waals surface area contributed by atoms with E-state index < -0.39 is 0 Å². The summed E-state index contributed by atoms with van der Waals surface area (Å²) in [6.45, 7) is 1.62. The van der Waals surface area contributed by atoms with E-state index in [0.717, 1.165) is 24.0 Å². The van der Waals surface area contributed by atoms with Crippen LogP contribution in [-0.2, 0) is 0 Å². The van der Waals surface area contributed by atoms with E-state index >= 15 is 0 Å². The SMILES string of the molecule is O=C(NC(c1ccccc1)c1ccccc1)N1CCC(CO)CC1. The van der Waals surface area contributed by atoms with E-state index in [4.69, 9.17) is 0 Å². The van der Waals surface area contributed by atoms with Crippen molar-refractivity contribution in [2.75, 3.05) is 19.7 Å². The van der Waals surface area contributed by atoms with Gasteiger partial charge in [-0.3, -0.25) is 0 Å². The maximum atomic E-state index is 12.7. The zero-order valence-corrected chi connectivity index (χ0v) is 13.8. The summed E-state index contributed by atoms with van der Waals surface area (Å²) in [5.41, 5.74) is 2.14. The van der Waals surface area contributed by atoms with Crippen LogP contribution in [0.5, 0.6) is 0 Å². The lowest BCUT2D eigenvalue weighted by Gasteiger charge is -2.32. The summed E-state index contributed by atoms with van der Waals surface area (Å²) in [4.78, 5) is 14.6. The Labute approximate surface area is 143 Å². The first-order valence-electron chi connectivity index (χ1n) is 8.54. The van der Waals surface area contributed by atoms with Crippen molar-refractivity contribution in [3.63, 3.8) is 0 Å². The molecule has 126 valence electrons. The normalized spacial score (nSPS) is 15.5. The Hall–Kier alpha value is -2.33. The third-order valence-corrected chi connectivity index (χ3v) is 4.69. The third kappa shape index (κ3) is 3.95. The van der Waals surface area contributed by atoms with E-state index in [-0.39, 0.29) is 18.7 Å². The molecule has 24 heavy (non-hydrogen) atoms. The molecule has 0 atom stereocenters. The Morgan fingerprint density at radius 1 is 1.00 bits per heavy atom. The van der Waals surface area contributed by atoms with Crippen LogP contribution in [-0.4, -0.2) is 35.7 Å². The van der Waals surface area contributed by atoms with E-state index in [9.17, 15) is 9.90 Å². The maximum absolute atomic E-state index is 12.7. The monoisotopic (exact) mass is 324 g/mol. The topological polar surface area (TPSA) is 52.6 Å². The largest absolute Gasteiger partial charge is 0.396 e. The molecule has 1 saturated heterocycles. The van der Waals surface area contributed by atoms with Gasteiger partial charge in [-0.2, -0.15) is 0 Å². The van der Waals surface area contributed by atoms with Crippen LogP contribution in [0.15, 0.2) is 60.7 Å². The molecule has 2 N–H and O–H groups in total. The van der Waals surface area contributed by atoms with Gasteiger partial charge in [0.15, 0.2) is 0 Å². The maximum Gasteiger partial charge on any atom is 0.318 e. The molecule has 0 unspecified atom stereocenters. The molecule has 2 aromatic carbocycles. The number of nitrogens with one attached hydrogen (secondary N) is 1. The van der Waals surface area contributed by atoms with Crippen molar-refractivity contribution in [1.82, 2.24) is 10.2 Å². The second-order valence-corrected chi connectivity index (χ2v) is 6.32. The average Bonchev–Trinajstić information content (AvgIpc) is 2.67. The number of carbonyl (C=O) groups is 1. The minimum Gasteiger partial charge on any atom is -0.396 e. The number of rotatable bonds is 4. The molecular formula is C20H24N2O2. The fraction of sp³-hybridized carbons (Fsp3) is 0.350. The van der Waals surface area contributed by atoms with Crippen LogP contribution in [0, 0.1) is 5.92 Å². The quantitative estimate of drug-likeness (QED) is 0.907. The standard InChI is InChI=1S/C20H24N2O2/c23-15-16-11-13-22(14-12-16)20(24)21-19(17-7-3-1-4-8-17)18-9-5-2-6-10-18/h1-10,16,19,23H,11-15H2,(H,21,24). The zero-order chi connectivity index (χ0) is 16.8. The van der Waals surface area contributed by atoms with E-state index in [2.05, 4.69) is 5.32 Å². The summed E-state index contributed by atoms with van der Waals surface area (Å²) < 4.78 is 0. The second-order valence-electron chi connectivity index (χ2n) is 6.32. The Balaban J connectivity index is 1.74. The van der Waals surface area contributed by atoms with Crippen LogP contribution in [0.1, 0.15) is 30.0 Å². The number of hydrogen-bond donors (Lipinski definition) is 2. The predicted octanol–water partition coefficient (Wildman–Crippen LogP) is 3.19. The number of piperidine rings is 1. The van der Waals surface area contributed by atoms with Crippen LogP contribution in [0.2, 0.25) is 0 Å². The van der Waals surface area contributed by atoms with Crippen LogP contribution in [0.3, 0.4) is 0 Å². The number of likely N-dealkylation sites (tertiary alicyclic amines) is 1. The number of amides is 2. The fourth-order valence-corrected chi connectivity index (χ4v) is 3.18. The highest BCUT2D eigenvalue weighted by Gasteiger charge is 2.25. The number of benzene rings is 2. The number of nitrogens with zero attached hydrogens (tertiary/aromatic N) is 1. The molecule has 0 aliphatic carbocycles. The summed E-state index contributed by atoms with van der Waals surface area (Å²) in [6.07, 6.45) is 1.73. The highest BCUT2D eigenvalue weighted by atomic mass is 16.3. The van der Waals surface area contributed by atoms with Crippen molar-refractivity contribution in [3.05, 3.63) is 71.8 Å². The smallest absolute Gasteiger partial charge is 0.318 e. The van der Waals surface area contributed by atoms with Gasteiger partial charge < -0.3 is 15.3 Å². The molecule has 1 heterocycles. The molecule has 1 fully saturated rings. The van der Waals surface area contributed by atoms with Gasteiger partial charge in [0, 0.05) is 19.7 Å². The molecule has 0 saturated carbocycles. The fourth-order valence-electron chi connectivity index (χ4n) is 3.18. The molecule has 4 heteroatoms. The van der Waals surface area contributed by atoms with Gasteiger partial charge in [0.25, 0.3) is 0 Å². The number of aliphatic hydroxyl groups excluding tert-OH is 1. The predicted molar refractivity (Wildman–Crippen MR) is 94.6 cm³/mol. The summed E-state index contributed by atoms with van der Waals surface area (Å²) in [5, 5.41) is 12.4. The van der Waals surface area contributed by atoms with Crippen LogP contribution in [0.25, 0.3) is 0 Å². The molecule has 4 nitrogen and oxygen atoms in total. The van der Waals surface area contributed by atoms with Gasteiger partial charge >= 0.3 is 6.03 Å². The Morgan fingerprint density at radius 3 is 1.96 bits per heavy atom.